The van der Waals surface area contributed by atoms with E-state index in [-0.39, 0.29) is 33.0 Å². The second-order valence-electron chi connectivity index (χ2n) is 9.80. The molecule has 4 N–H and O–H groups in total. The summed E-state index contributed by atoms with van der Waals surface area (Å²) in [6, 6.07) is 27.5. The van der Waals surface area contributed by atoms with E-state index in [2.05, 4.69) is 15.5 Å². The number of amides is 2. The third-order valence-electron chi connectivity index (χ3n) is 7.21. The van der Waals surface area contributed by atoms with Crippen molar-refractivity contribution in [1.29, 1.82) is 0 Å². The quantitative estimate of drug-likeness (QED) is 0.105. The van der Waals surface area contributed by atoms with Crippen molar-refractivity contribution in [2.24, 2.45) is 5.16 Å². The summed E-state index contributed by atoms with van der Waals surface area (Å²) in [5.41, 5.74) is 6.57. The number of thiazole rings is 1. The van der Waals surface area contributed by atoms with Crippen LogP contribution in [0.2, 0.25) is 0 Å². The van der Waals surface area contributed by atoms with E-state index in [1.807, 2.05) is 91.0 Å². The van der Waals surface area contributed by atoms with E-state index in [9.17, 15) is 19.5 Å². The first-order valence-corrected chi connectivity index (χ1v) is 15.6. The first-order chi connectivity index (χ1) is 21.3. The van der Waals surface area contributed by atoms with Crippen molar-refractivity contribution in [3.63, 3.8) is 0 Å². The van der Waals surface area contributed by atoms with Gasteiger partial charge in [-0.15, -0.1) is 23.1 Å². The summed E-state index contributed by atoms with van der Waals surface area (Å²) in [5, 5.41) is 17.9. The van der Waals surface area contributed by atoms with Crippen LogP contribution in [0.25, 0.3) is 0 Å². The van der Waals surface area contributed by atoms with Crippen molar-refractivity contribution in [3.8, 4) is 0 Å². The fourth-order valence-electron chi connectivity index (χ4n) is 5.18. The Morgan fingerprint density at radius 1 is 1.00 bits per heavy atom. The molecule has 3 aromatic carbocycles. The van der Waals surface area contributed by atoms with E-state index < -0.39 is 34.8 Å². The van der Waals surface area contributed by atoms with Gasteiger partial charge in [0.2, 0.25) is 5.60 Å². The van der Waals surface area contributed by atoms with E-state index in [0.29, 0.717) is 0 Å². The number of carbonyl (C=O) groups excluding carboxylic acids is 2. The highest BCUT2D eigenvalue weighted by Gasteiger charge is 2.54. The first-order valence-electron chi connectivity index (χ1n) is 13.3. The summed E-state index contributed by atoms with van der Waals surface area (Å²) < 4.78 is 0. The number of carbonyl (C=O) groups is 3. The number of rotatable bonds is 9. The summed E-state index contributed by atoms with van der Waals surface area (Å²) in [5.74, 6) is -2.47. The van der Waals surface area contributed by atoms with E-state index in [4.69, 9.17) is 22.2 Å². The van der Waals surface area contributed by atoms with E-state index in [1.165, 1.54) is 11.8 Å². The summed E-state index contributed by atoms with van der Waals surface area (Å²) in [4.78, 5) is 50.5. The van der Waals surface area contributed by atoms with Gasteiger partial charge >= 0.3 is 5.97 Å². The summed E-state index contributed by atoms with van der Waals surface area (Å²) >= 11 is 8.47. The Morgan fingerprint density at radius 2 is 1.55 bits per heavy atom. The largest absolute Gasteiger partial charge is 0.477 e. The normalized spacial score (nSPS) is 18.3. The Bertz CT molecular complexity index is 1690. The van der Waals surface area contributed by atoms with Crippen molar-refractivity contribution in [2.45, 2.75) is 17.0 Å². The molecule has 0 aliphatic carbocycles. The lowest BCUT2D eigenvalue weighted by atomic mass is 9.80. The average Bonchev–Trinajstić information content (AvgIpc) is 3.48. The number of fused-ring (bicyclic) bond motifs is 1. The number of halogens is 1. The molecule has 1 aromatic heterocycles. The third kappa shape index (κ3) is 5.21. The second kappa shape index (κ2) is 12.2. The monoisotopic (exact) mass is 645 g/mol. The van der Waals surface area contributed by atoms with Crippen LogP contribution in [-0.2, 0) is 24.8 Å². The van der Waals surface area contributed by atoms with Gasteiger partial charge in [0.05, 0.1) is 5.03 Å². The van der Waals surface area contributed by atoms with Crippen molar-refractivity contribution in [1.82, 2.24) is 15.2 Å². The highest BCUT2D eigenvalue weighted by atomic mass is 35.5. The number of anilines is 1. The number of aromatic nitrogens is 1. The van der Waals surface area contributed by atoms with Gasteiger partial charge in [0.15, 0.2) is 10.8 Å². The molecule has 0 radical (unpaired) electrons. The zero-order valence-corrected chi connectivity index (χ0v) is 25.2. The Kier molecular flexibility index (Phi) is 8.13. The summed E-state index contributed by atoms with van der Waals surface area (Å²) in [7, 11) is 0. The van der Waals surface area contributed by atoms with Crippen LogP contribution in [0.5, 0.6) is 0 Å². The fraction of sp³-hybridized carbons (Fsp3) is 0.129. The Labute approximate surface area is 265 Å². The molecule has 2 aliphatic rings. The van der Waals surface area contributed by atoms with Crippen LogP contribution in [0, 0.1) is 0 Å². The number of β-lactam (4-membered cyclic amide) rings is 1. The van der Waals surface area contributed by atoms with Crippen LogP contribution in [0.4, 0.5) is 5.13 Å². The minimum atomic E-state index is -1.31. The van der Waals surface area contributed by atoms with Gasteiger partial charge in [0, 0.05) is 27.8 Å². The zero-order valence-electron chi connectivity index (χ0n) is 22.8. The van der Waals surface area contributed by atoms with Crippen LogP contribution < -0.4 is 11.1 Å². The highest BCUT2D eigenvalue weighted by Crippen LogP contribution is 2.42. The van der Waals surface area contributed by atoms with Crippen molar-refractivity contribution in [2.75, 3.05) is 11.5 Å². The molecule has 2 amide bonds. The van der Waals surface area contributed by atoms with Crippen molar-refractivity contribution in [3.05, 3.63) is 129 Å². The minimum absolute atomic E-state index is 0.0598. The maximum Gasteiger partial charge on any atom is 0.353 e. The molecule has 0 unspecified atom stereocenters. The molecule has 4 aromatic rings. The zero-order chi connectivity index (χ0) is 30.8. The maximum absolute atomic E-state index is 13.8. The van der Waals surface area contributed by atoms with E-state index in [0.717, 1.165) is 32.9 Å². The number of oxime groups is 1. The van der Waals surface area contributed by atoms with Gasteiger partial charge in [0.1, 0.15) is 22.8 Å². The number of thioether (sulfide) groups is 1. The SMILES string of the molecule is Nc1nc(C(=NOC(c2ccccc2)(c2ccccc2)c2ccccc2)C(=O)N[C@@H]2C(=O)N3C(C(=O)O)=C(Cl)CS[C@@H]23)cs1. The molecule has 44 heavy (non-hydrogen) atoms. The molecular weight excluding hydrogens is 622 g/mol. The number of carboxylic acid groups (broad SMARTS) is 1. The van der Waals surface area contributed by atoms with Gasteiger partial charge < -0.3 is 21.0 Å². The summed E-state index contributed by atoms with van der Waals surface area (Å²) in [6.45, 7) is 0. The summed E-state index contributed by atoms with van der Waals surface area (Å²) in [6.07, 6.45) is 0. The molecule has 13 heteroatoms. The van der Waals surface area contributed by atoms with Crippen LogP contribution in [-0.4, -0.2) is 55.7 Å². The number of hydrogen-bond acceptors (Lipinski definition) is 9. The minimum Gasteiger partial charge on any atom is -0.477 e. The molecular formula is C31H24ClN5O5S2. The van der Waals surface area contributed by atoms with Gasteiger partial charge in [-0.3, -0.25) is 14.5 Å². The van der Waals surface area contributed by atoms with Crippen molar-refractivity contribution < 1.29 is 24.3 Å². The highest BCUT2D eigenvalue weighted by molar-refractivity contribution is 8.00. The lowest BCUT2D eigenvalue weighted by Gasteiger charge is -2.48. The molecule has 3 heterocycles. The van der Waals surface area contributed by atoms with Gasteiger partial charge in [-0.2, -0.15) is 0 Å². The van der Waals surface area contributed by atoms with Crippen LogP contribution in [0.15, 0.2) is 112 Å². The molecule has 2 atom stereocenters. The lowest BCUT2D eigenvalue weighted by molar-refractivity contribution is -0.150. The molecule has 10 nitrogen and oxygen atoms in total. The molecule has 0 spiro atoms. The van der Waals surface area contributed by atoms with Gasteiger partial charge in [-0.1, -0.05) is 108 Å². The van der Waals surface area contributed by atoms with Crippen LogP contribution >= 0.6 is 34.7 Å². The number of nitrogens with two attached hydrogens (primary N) is 1. The Morgan fingerprint density at radius 3 is 2.02 bits per heavy atom. The molecule has 6 rings (SSSR count). The fourth-order valence-corrected chi connectivity index (χ4v) is 7.28. The van der Waals surface area contributed by atoms with Gasteiger partial charge in [-0.05, 0) is 0 Å². The average molecular weight is 646 g/mol. The number of hydrogen-bond donors (Lipinski definition) is 3. The molecule has 2 aliphatic heterocycles. The Hall–Kier alpha value is -4.65. The topological polar surface area (TPSA) is 147 Å². The molecule has 1 saturated heterocycles. The van der Waals surface area contributed by atoms with Gasteiger partial charge in [-0.25, -0.2) is 9.78 Å². The van der Waals surface area contributed by atoms with E-state index in [1.54, 1.807) is 5.38 Å². The smallest absolute Gasteiger partial charge is 0.353 e. The number of benzene rings is 3. The molecule has 0 saturated carbocycles. The van der Waals surface area contributed by atoms with Crippen LogP contribution in [0.1, 0.15) is 22.4 Å². The predicted molar refractivity (Wildman–Crippen MR) is 169 cm³/mol. The molecule has 222 valence electrons. The predicted octanol–water partition coefficient (Wildman–Crippen LogP) is 4.37. The number of nitrogens with one attached hydrogen (secondary N) is 1. The molecule has 0 bridgehead atoms. The third-order valence-corrected chi connectivity index (χ3v) is 9.63. The number of nitrogen functional groups attached to an aromatic ring is 1. The first kappa shape index (κ1) is 29.4. The van der Waals surface area contributed by atoms with Crippen LogP contribution in [0.3, 0.4) is 0 Å². The second-order valence-corrected chi connectivity index (χ2v) is 12.3. The molecule has 1 fully saturated rings. The lowest BCUT2D eigenvalue weighted by Crippen LogP contribution is -2.71. The van der Waals surface area contributed by atoms with Gasteiger partial charge in [0.25, 0.3) is 11.8 Å². The van der Waals surface area contributed by atoms with E-state index >= 15 is 0 Å². The Balaban J connectivity index is 1.41. The maximum atomic E-state index is 13.8. The standard InChI is InChI=1S/C31H24ClN5O5S2/c32-21-16-43-28-24(27(39)37(28)25(21)29(40)41)35-26(38)23(22-17-44-30(33)34-22)36-42-31(18-10-4-1-5-11-18,19-12-6-2-7-13-19)20-14-8-3-9-15-20/h1-15,17,24,28H,16H2,(H2,33,34)(H,35,38)(H,40,41)/t24-,28+/m1/s1. The number of nitrogens with zero attached hydrogens (tertiary/aromatic N) is 3. The number of carboxylic acids is 1. The number of aliphatic carboxylic acids is 1. The van der Waals surface area contributed by atoms with Crippen molar-refractivity contribution >= 4 is 63.3 Å².